The Hall–Kier alpha value is -1.91. The van der Waals surface area contributed by atoms with Crippen LogP contribution in [0, 0.1) is 16.7 Å². The Kier molecular flexibility index (Phi) is 11.5. The fourth-order valence-corrected chi connectivity index (χ4v) is 2.37. The summed E-state index contributed by atoms with van der Waals surface area (Å²) in [4.78, 5) is 12.3. The summed E-state index contributed by atoms with van der Waals surface area (Å²) in [6.45, 7) is 1.44. The molecule has 0 spiro atoms. The summed E-state index contributed by atoms with van der Waals surface area (Å²) in [5.74, 6) is -0.737. The summed E-state index contributed by atoms with van der Waals surface area (Å²) >= 11 is 0. The molecule has 0 aliphatic heterocycles. The molecule has 3 N–H and O–H groups in total. The molecule has 1 unspecified atom stereocenters. The van der Waals surface area contributed by atoms with Gasteiger partial charge in [-0.25, -0.2) is 0 Å². The number of carbonyl (C=O) groups excluding carboxylic acids is 1. The first kappa shape index (κ1) is 29.1. The van der Waals surface area contributed by atoms with Crippen LogP contribution in [0.3, 0.4) is 0 Å². The van der Waals surface area contributed by atoms with Crippen molar-refractivity contribution in [3.05, 3.63) is 0 Å². The van der Waals surface area contributed by atoms with E-state index >= 15 is 0 Å². The van der Waals surface area contributed by atoms with Gasteiger partial charge in [-0.2, -0.15) is 31.6 Å². The van der Waals surface area contributed by atoms with Gasteiger partial charge in [0.1, 0.15) is 5.60 Å². The summed E-state index contributed by atoms with van der Waals surface area (Å²) in [6.07, 6.45) is -16.6. The number of amides is 1. The average Bonchev–Trinajstić information content (AvgIpc) is 2.61. The van der Waals surface area contributed by atoms with Gasteiger partial charge in [-0.1, -0.05) is 6.42 Å². The molecule has 0 aromatic heterocycles. The van der Waals surface area contributed by atoms with Crippen LogP contribution < -0.4 is 5.32 Å². The Morgan fingerprint density at radius 2 is 1.71 bits per heavy atom. The number of methoxy groups -OCH3 is 1. The van der Waals surface area contributed by atoms with Crippen molar-refractivity contribution < 1.29 is 45.7 Å². The first-order valence-electron chi connectivity index (χ1n) is 9.28. The Morgan fingerprint density at radius 1 is 1.16 bits per heavy atom. The Morgan fingerprint density at radius 3 is 2.16 bits per heavy atom. The molecule has 31 heavy (non-hydrogen) atoms. The molecule has 0 radical (unpaired) electrons. The highest BCUT2D eigenvalue weighted by molar-refractivity contribution is 5.84. The lowest BCUT2D eigenvalue weighted by Crippen LogP contribution is -2.53. The summed E-state index contributed by atoms with van der Waals surface area (Å²) < 4.78 is 84.6. The third-order valence-electron chi connectivity index (χ3n) is 4.40. The number of nitrogens with zero attached hydrogens (tertiary/aromatic N) is 1. The third kappa shape index (κ3) is 10.8. The molecule has 2 atom stereocenters. The number of hydrogen-bond donors (Lipinski definition) is 3. The molecule has 1 amide bonds. The van der Waals surface area contributed by atoms with Crippen molar-refractivity contribution in [2.75, 3.05) is 13.7 Å². The maximum Gasteiger partial charge on any atom is 0.423 e. The van der Waals surface area contributed by atoms with Gasteiger partial charge in [-0.15, -0.1) is 0 Å². The molecule has 0 saturated carbocycles. The molecule has 0 saturated heterocycles. The van der Waals surface area contributed by atoms with Crippen molar-refractivity contribution >= 4 is 11.6 Å². The number of carbonyl (C=O) groups is 1. The van der Waals surface area contributed by atoms with E-state index in [0.717, 1.165) is 0 Å². The van der Waals surface area contributed by atoms with Crippen LogP contribution in [0.5, 0.6) is 0 Å². The van der Waals surface area contributed by atoms with Gasteiger partial charge in [0.05, 0.1) is 31.2 Å². The molecular weight excluding hydrogens is 436 g/mol. The van der Waals surface area contributed by atoms with Gasteiger partial charge in [-0.3, -0.25) is 4.79 Å². The lowest BCUT2D eigenvalue weighted by molar-refractivity contribution is -0.325. The van der Waals surface area contributed by atoms with Crippen LogP contribution in [-0.4, -0.2) is 66.6 Å². The van der Waals surface area contributed by atoms with E-state index in [4.69, 9.17) is 15.4 Å². The number of hydrogen-bond acceptors (Lipinski definition) is 6. The van der Waals surface area contributed by atoms with E-state index in [1.54, 1.807) is 6.07 Å². The molecule has 0 aromatic carbocycles. The molecule has 0 heterocycles. The number of halogens is 6. The zero-order valence-electron chi connectivity index (χ0n) is 17.4. The average molecular weight is 463 g/mol. The minimum atomic E-state index is -5.73. The standard InChI is InChI=1S/C18H27F6N3O4/c1-16(2,30-3)15(29)27-12(7-5-4-6-11(26)8-9-25)13(28)10-31-14(17(19,20)21)18(22,23)24/h12-14,26,28H,4-8,10H2,1-3H3,(H,27,29)/t12-,13?/m0/s1. The van der Waals surface area contributed by atoms with Crippen molar-refractivity contribution in [2.45, 2.75) is 82.2 Å². The van der Waals surface area contributed by atoms with Gasteiger partial charge < -0.3 is 25.3 Å². The van der Waals surface area contributed by atoms with Crippen LogP contribution in [0.15, 0.2) is 0 Å². The highest BCUT2D eigenvalue weighted by atomic mass is 19.4. The van der Waals surface area contributed by atoms with E-state index in [-0.39, 0.29) is 31.4 Å². The van der Waals surface area contributed by atoms with Crippen LogP contribution in [0.25, 0.3) is 0 Å². The maximum absolute atomic E-state index is 12.6. The number of nitriles is 1. The van der Waals surface area contributed by atoms with Crippen LogP contribution in [0.4, 0.5) is 26.3 Å². The molecule has 180 valence electrons. The molecule has 13 heteroatoms. The number of aliphatic hydroxyl groups excluding tert-OH is 1. The van der Waals surface area contributed by atoms with E-state index in [0.29, 0.717) is 6.42 Å². The van der Waals surface area contributed by atoms with E-state index in [1.165, 1.54) is 21.0 Å². The second-order valence-corrected chi connectivity index (χ2v) is 7.34. The van der Waals surface area contributed by atoms with E-state index in [1.807, 2.05) is 0 Å². The molecule has 0 fully saturated rings. The zero-order valence-corrected chi connectivity index (χ0v) is 17.4. The van der Waals surface area contributed by atoms with E-state index in [9.17, 15) is 36.2 Å². The second kappa shape index (κ2) is 12.2. The summed E-state index contributed by atoms with van der Waals surface area (Å²) in [5.41, 5.74) is -1.21. The van der Waals surface area contributed by atoms with Crippen LogP contribution >= 0.6 is 0 Å². The minimum Gasteiger partial charge on any atom is -0.389 e. The van der Waals surface area contributed by atoms with Crippen LogP contribution in [0.2, 0.25) is 0 Å². The highest BCUT2D eigenvalue weighted by Gasteiger charge is 2.58. The maximum atomic E-state index is 12.6. The normalized spacial score (nSPS) is 14.8. The quantitative estimate of drug-likeness (QED) is 0.220. The Balaban J connectivity index is 5.18. The van der Waals surface area contributed by atoms with Crippen LogP contribution in [0.1, 0.15) is 46.0 Å². The predicted molar refractivity (Wildman–Crippen MR) is 97.3 cm³/mol. The van der Waals surface area contributed by atoms with Crippen LogP contribution in [-0.2, 0) is 14.3 Å². The van der Waals surface area contributed by atoms with Crippen molar-refractivity contribution in [1.29, 1.82) is 10.7 Å². The van der Waals surface area contributed by atoms with Crippen molar-refractivity contribution in [3.63, 3.8) is 0 Å². The molecule has 0 rings (SSSR count). The number of unbranched alkanes of at least 4 members (excludes halogenated alkanes) is 1. The van der Waals surface area contributed by atoms with Gasteiger partial charge >= 0.3 is 12.4 Å². The second-order valence-electron chi connectivity index (χ2n) is 7.34. The number of aliphatic hydroxyl groups is 1. The molecule has 0 aliphatic rings. The van der Waals surface area contributed by atoms with Crippen molar-refractivity contribution in [1.82, 2.24) is 5.32 Å². The molecule has 0 aromatic rings. The largest absolute Gasteiger partial charge is 0.423 e. The van der Waals surface area contributed by atoms with Gasteiger partial charge in [-0.05, 0) is 33.1 Å². The highest BCUT2D eigenvalue weighted by Crippen LogP contribution is 2.35. The molecule has 7 nitrogen and oxygen atoms in total. The fraction of sp³-hybridized carbons (Fsp3) is 0.833. The van der Waals surface area contributed by atoms with Gasteiger partial charge in [0, 0.05) is 12.8 Å². The van der Waals surface area contributed by atoms with Gasteiger partial charge in [0.2, 0.25) is 6.10 Å². The summed E-state index contributed by atoms with van der Waals surface area (Å²) in [7, 11) is 1.23. The number of rotatable bonds is 13. The summed E-state index contributed by atoms with van der Waals surface area (Å²) in [5, 5.41) is 28.6. The Labute approximate surface area is 176 Å². The number of alkyl halides is 6. The van der Waals surface area contributed by atoms with Gasteiger partial charge in [0.15, 0.2) is 0 Å². The van der Waals surface area contributed by atoms with E-state index in [2.05, 4.69) is 10.1 Å². The molecular formula is C18H27F6N3O4. The first-order valence-corrected chi connectivity index (χ1v) is 9.28. The molecule has 0 bridgehead atoms. The SMILES string of the molecule is COC(C)(C)C(=O)N[C@@H](CCCCC(=N)CC#N)C(O)COC(C(F)(F)F)C(F)(F)F. The monoisotopic (exact) mass is 463 g/mol. The fourth-order valence-electron chi connectivity index (χ4n) is 2.37. The van der Waals surface area contributed by atoms with E-state index < -0.39 is 48.7 Å². The van der Waals surface area contributed by atoms with Crippen molar-refractivity contribution in [3.8, 4) is 6.07 Å². The minimum absolute atomic E-state index is 0.0153. The smallest absolute Gasteiger partial charge is 0.389 e. The van der Waals surface area contributed by atoms with Gasteiger partial charge in [0.25, 0.3) is 5.91 Å². The third-order valence-corrected chi connectivity index (χ3v) is 4.40. The number of ether oxygens (including phenoxy) is 2. The lowest BCUT2D eigenvalue weighted by atomic mass is 10.00. The Bertz CT molecular complexity index is 617. The first-order chi connectivity index (χ1) is 14.1. The zero-order chi connectivity index (χ0) is 24.5. The number of nitrogens with one attached hydrogen (secondary N) is 2. The topological polar surface area (TPSA) is 115 Å². The summed E-state index contributed by atoms with van der Waals surface area (Å²) in [6, 6.07) is 0.573. The molecule has 0 aliphatic carbocycles. The van der Waals surface area contributed by atoms with Crippen molar-refractivity contribution in [2.24, 2.45) is 0 Å². The predicted octanol–water partition coefficient (Wildman–Crippen LogP) is 3.26. The lowest BCUT2D eigenvalue weighted by Gasteiger charge is -2.30.